The number of benzene rings is 2. The Hall–Kier alpha value is -1.85. The van der Waals surface area contributed by atoms with Crippen LogP contribution in [0.2, 0.25) is 5.02 Å². The zero-order valence-electron chi connectivity index (χ0n) is 12.8. The summed E-state index contributed by atoms with van der Waals surface area (Å²) < 4.78 is 6.02. The van der Waals surface area contributed by atoms with Gasteiger partial charge in [-0.15, -0.1) is 0 Å². The average molecular weight is 409 g/mol. The number of rotatable bonds is 4. The van der Waals surface area contributed by atoms with E-state index in [1.54, 1.807) is 41.3 Å². The first kappa shape index (κ1) is 17.0. The number of esters is 1. The fourth-order valence-electron chi connectivity index (χ4n) is 2.61. The second-order valence-corrected chi connectivity index (χ2v) is 6.87. The van der Waals surface area contributed by atoms with Crippen LogP contribution in [-0.4, -0.2) is 23.3 Å². The molecule has 1 amide bonds. The molecule has 1 aliphatic heterocycles. The van der Waals surface area contributed by atoms with E-state index in [4.69, 9.17) is 16.3 Å². The minimum absolute atomic E-state index is 0.160. The van der Waals surface area contributed by atoms with Gasteiger partial charge < -0.3 is 9.64 Å². The Labute approximate surface area is 153 Å². The van der Waals surface area contributed by atoms with Crippen molar-refractivity contribution in [2.45, 2.75) is 19.4 Å². The van der Waals surface area contributed by atoms with Crippen LogP contribution in [0.5, 0.6) is 5.75 Å². The summed E-state index contributed by atoms with van der Waals surface area (Å²) in [5.41, 5.74) is 1.36. The second-order valence-electron chi connectivity index (χ2n) is 5.58. The molecule has 0 aliphatic carbocycles. The summed E-state index contributed by atoms with van der Waals surface area (Å²) in [6, 6.07) is 12.1. The van der Waals surface area contributed by atoms with Crippen molar-refractivity contribution in [1.82, 2.24) is 4.90 Å². The van der Waals surface area contributed by atoms with E-state index in [-0.39, 0.29) is 5.91 Å². The van der Waals surface area contributed by atoms with E-state index in [1.165, 1.54) is 0 Å². The maximum atomic E-state index is 12.3. The van der Waals surface area contributed by atoms with Crippen LogP contribution in [0.15, 0.2) is 46.9 Å². The van der Waals surface area contributed by atoms with Gasteiger partial charge in [0.15, 0.2) is 0 Å². The van der Waals surface area contributed by atoms with Gasteiger partial charge in [-0.05, 0) is 58.2 Å². The van der Waals surface area contributed by atoms with Gasteiger partial charge in [0.25, 0.3) is 0 Å². The van der Waals surface area contributed by atoms with Gasteiger partial charge in [-0.1, -0.05) is 23.7 Å². The largest absolute Gasteiger partial charge is 0.422 e. The molecule has 0 bridgehead atoms. The van der Waals surface area contributed by atoms with E-state index in [1.807, 2.05) is 6.07 Å². The minimum atomic E-state index is -0.451. The van der Waals surface area contributed by atoms with Gasteiger partial charge in [-0.3, -0.25) is 4.79 Å². The Balaban J connectivity index is 1.73. The molecule has 1 saturated heterocycles. The second kappa shape index (κ2) is 7.36. The third-order valence-corrected chi connectivity index (χ3v) is 4.66. The zero-order chi connectivity index (χ0) is 17.1. The van der Waals surface area contributed by atoms with Crippen molar-refractivity contribution in [1.29, 1.82) is 0 Å². The molecular formula is C18H15BrClNO3. The zero-order valence-corrected chi connectivity index (χ0v) is 15.1. The molecule has 0 aromatic heterocycles. The fraction of sp³-hybridized carbons (Fsp3) is 0.222. The summed E-state index contributed by atoms with van der Waals surface area (Å²) in [6.07, 6.45) is 1.50. The molecular weight excluding hydrogens is 394 g/mol. The van der Waals surface area contributed by atoms with Crippen molar-refractivity contribution >= 4 is 39.4 Å². The number of hydrogen-bond acceptors (Lipinski definition) is 3. The molecule has 3 rings (SSSR count). The molecule has 0 N–H and O–H groups in total. The van der Waals surface area contributed by atoms with Crippen LogP contribution in [0, 0.1) is 0 Å². The Bertz CT molecular complexity index is 794. The molecule has 1 heterocycles. The average Bonchev–Trinajstić information content (AvgIpc) is 2.95. The van der Waals surface area contributed by atoms with Gasteiger partial charge in [0.05, 0.1) is 10.0 Å². The van der Waals surface area contributed by atoms with Gasteiger partial charge in [0, 0.05) is 24.5 Å². The Morgan fingerprint density at radius 3 is 2.79 bits per heavy atom. The third-order valence-electron chi connectivity index (χ3n) is 3.80. The summed E-state index contributed by atoms with van der Waals surface area (Å²) in [5.74, 6) is 0.116. The van der Waals surface area contributed by atoms with Crippen LogP contribution < -0.4 is 4.74 Å². The lowest BCUT2D eigenvalue weighted by Gasteiger charge is -2.16. The number of carbonyl (C=O) groups is 2. The molecule has 24 heavy (non-hydrogen) atoms. The van der Waals surface area contributed by atoms with Crippen molar-refractivity contribution in [3.8, 4) is 5.75 Å². The van der Waals surface area contributed by atoms with Crippen LogP contribution in [0.1, 0.15) is 28.8 Å². The lowest BCUT2D eigenvalue weighted by atomic mass is 10.1. The monoisotopic (exact) mass is 407 g/mol. The number of nitrogens with zero attached hydrogens (tertiary/aromatic N) is 1. The molecule has 2 aromatic carbocycles. The number of halogens is 2. The van der Waals surface area contributed by atoms with Gasteiger partial charge in [-0.2, -0.15) is 0 Å². The Kier molecular flexibility index (Phi) is 5.21. The molecule has 0 unspecified atom stereocenters. The summed E-state index contributed by atoms with van der Waals surface area (Å²) >= 11 is 9.20. The van der Waals surface area contributed by atoms with Crippen molar-refractivity contribution < 1.29 is 14.3 Å². The molecule has 1 aliphatic rings. The molecule has 0 atom stereocenters. The van der Waals surface area contributed by atoms with E-state index in [9.17, 15) is 9.59 Å². The predicted molar refractivity (Wildman–Crippen MR) is 95.2 cm³/mol. The topological polar surface area (TPSA) is 46.6 Å². The molecule has 4 nitrogen and oxygen atoms in total. The smallest absolute Gasteiger partial charge is 0.343 e. The van der Waals surface area contributed by atoms with Crippen molar-refractivity contribution in [2.75, 3.05) is 6.54 Å². The van der Waals surface area contributed by atoms with Crippen LogP contribution in [0.25, 0.3) is 0 Å². The standard InChI is InChI=1S/C18H15BrClNO3/c19-15-10-14(20)6-7-16(15)24-18(23)13-4-1-3-12(9-13)11-21-8-2-5-17(21)22/h1,3-4,6-7,9-10H,2,5,8,11H2. The molecule has 0 radical (unpaired) electrons. The number of likely N-dealkylation sites (tertiary alicyclic amines) is 1. The number of hydrogen-bond donors (Lipinski definition) is 0. The molecule has 124 valence electrons. The van der Waals surface area contributed by atoms with E-state index in [0.717, 1.165) is 18.5 Å². The molecule has 0 spiro atoms. The summed E-state index contributed by atoms with van der Waals surface area (Å²) in [4.78, 5) is 25.9. The molecule has 0 saturated carbocycles. The number of ether oxygens (including phenoxy) is 1. The fourth-order valence-corrected chi connectivity index (χ4v) is 3.37. The SMILES string of the molecule is O=C(Oc1ccc(Cl)cc1Br)c1cccc(CN2CCCC2=O)c1. The highest BCUT2D eigenvalue weighted by Gasteiger charge is 2.20. The van der Waals surface area contributed by atoms with Gasteiger partial charge in [0.2, 0.25) is 5.91 Å². The van der Waals surface area contributed by atoms with Crippen LogP contribution in [0.4, 0.5) is 0 Å². The van der Waals surface area contributed by atoms with Crippen molar-refractivity contribution in [3.05, 3.63) is 63.1 Å². The van der Waals surface area contributed by atoms with E-state index < -0.39 is 5.97 Å². The van der Waals surface area contributed by atoms with E-state index in [0.29, 0.717) is 33.8 Å². The first-order valence-electron chi connectivity index (χ1n) is 7.57. The van der Waals surface area contributed by atoms with Gasteiger partial charge in [0.1, 0.15) is 5.75 Å². The maximum absolute atomic E-state index is 12.3. The third kappa shape index (κ3) is 3.97. The summed E-state index contributed by atoms with van der Waals surface area (Å²) in [7, 11) is 0. The number of carbonyl (C=O) groups excluding carboxylic acids is 2. The highest BCUT2D eigenvalue weighted by atomic mass is 79.9. The van der Waals surface area contributed by atoms with Gasteiger partial charge >= 0.3 is 5.97 Å². The normalized spacial score (nSPS) is 14.1. The van der Waals surface area contributed by atoms with E-state index in [2.05, 4.69) is 15.9 Å². The number of amides is 1. The highest BCUT2D eigenvalue weighted by molar-refractivity contribution is 9.10. The summed E-state index contributed by atoms with van der Waals surface area (Å²) in [6.45, 7) is 1.29. The first-order valence-corrected chi connectivity index (χ1v) is 8.74. The van der Waals surface area contributed by atoms with Crippen LogP contribution in [0.3, 0.4) is 0 Å². The van der Waals surface area contributed by atoms with Crippen molar-refractivity contribution in [2.24, 2.45) is 0 Å². The lowest BCUT2D eigenvalue weighted by molar-refractivity contribution is -0.128. The molecule has 1 fully saturated rings. The predicted octanol–water partition coefficient (Wildman–Crippen LogP) is 4.44. The molecule has 2 aromatic rings. The quantitative estimate of drug-likeness (QED) is 0.555. The Morgan fingerprint density at radius 1 is 1.25 bits per heavy atom. The summed E-state index contributed by atoms with van der Waals surface area (Å²) in [5, 5.41) is 0.555. The lowest BCUT2D eigenvalue weighted by Crippen LogP contribution is -2.24. The van der Waals surface area contributed by atoms with Crippen LogP contribution in [-0.2, 0) is 11.3 Å². The molecule has 6 heteroatoms. The minimum Gasteiger partial charge on any atom is -0.422 e. The Morgan fingerprint density at radius 2 is 2.08 bits per heavy atom. The van der Waals surface area contributed by atoms with Gasteiger partial charge in [-0.25, -0.2) is 4.79 Å². The maximum Gasteiger partial charge on any atom is 0.343 e. The highest BCUT2D eigenvalue weighted by Crippen LogP contribution is 2.28. The first-order chi connectivity index (χ1) is 11.5. The van der Waals surface area contributed by atoms with E-state index >= 15 is 0 Å². The van der Waals surface area contributed by atoms with Crippen molar-refractivity contribution in [3.63, 3.8) is 0 Å². The van der Waals surface area contributed by atoms with Crippen LogP contribution >= 0.6 is 27.5 Å².